The minimum Gasteiger partial charge on any atom is -0.488 e. The van der Waals surface area contributed by atoms with Gasteiger partial charge in [0.25, 0.3) is 0 Å². The van der Waals surface area contributed by atoms with E-state index in [2.05, 4.69) is 49.0 Å². The van der Waals surface area contributed by atoms with E-state index >= 15 is 0 Å². The third kappa shape index (κ3) is 5.38. The number of allylic oxidation sites excluding steroid dienone is 1. The second-order valence-electron chi connectivity index (χ2n) is 7.80. The van der Waals surface area contributed by atoms with Crippen LogP contribution in [0.3, 0.4) is 0 Å². The number of nitrogens with one attached hydrogen (secondary N) is 1. The number of rotatable bonds is 7. The van der Waals surface area contributed by atoms with Crippen LogP contribution in [-0.2, 0) is 4.74 Å². The van der Waals surface area contributed by atoms with E-state index in [1.807, 2.05) is 13.0 Å². The maximum Gasteiger partial charge on any atom is 0.149 e. The van der Waals surface area contributed by atoms with E-state index in [9.17, 15) is 0 Å². The highest BCUT2D eigenvalue weighted by Gasteiger charge is 2.24. The van der Waals surface area contributed by atoms with Crippen LogP contribution in [0.4, 0.5) is 5.69 Å². The summed E-state index contributed by atoms with van der Waals surface area (Å²) in [4.78, 5) is 19.3. The molecule has 0 unspecified atom stereocenters. The zero-order valence-corrected chi connectivity index (χ0v) is 18.0. The number of fused-ring (bicyclic) bond motifs is 1. The summed E-state index contributed by atoms with van der Waals surface area (Å²) in [6.45, 7) is 8.63. The van der Waals surface area contributed by atoms with Crippen molar-refractivity contribution in [1.29, 1.82) is 0 Å². The van der Waals surface area contributed by atoms with Crippen molar-refractivity contribution < 1.29 is 9.47 Å². The molecule has 0 amide bonds. The van der Waals surface area contributed by atoms with E-state index in [-0.39, 0.29) is 6.10 Å². The van der Waals surface area contributed by atoms with E-state index in [4.69, 9.17) is 9.47 Å². The summed E-state index contributed by atoms with van der Waals surface area (Å²) >= 11 is 0. The smallest absolute Gasteiger partial charge is 0.149 e. The van der Waals surface area contributed by atoms with Crippen molar-refractivity contribution in [3.63, 3.8) is 0 Å². The van der Waals surface area contributed by atoms with Crippen molar-refractivity contribution >= 4 is 29.8 Å². The van der Waals surface area contributed by atoms with Gasteiger partial charge in [0.2, 0.25) is 0 Å². The van der Waals surface area contributed by atoms with Gasteiger partial charge in [-0.1, -0.05) is 0 Å². The number of ether oxygens (including phenoxy) is 2. The molecule has 2 heterocycles. The summed E-state index contributed by atoms with van der Waals surface area (Å²) in [5, 5.41) is 3.49. The maximum atomic E-state index is 6.49. The normalized spacial score (nSPS) is 22.6. The SMILES string of the molecule is C=NC=N/C(=C\C)NC1CCC(Oc2cc(N3CCOCC3)cc3nccnc23)CC1. The third-order valence-electron chi connectivity index (χ3n) is 5.77. The molecule has 1 saturated carbocycles. The molecule has 31 heavy (non-hydrogen) atoms. The van der Waals surface area contributed by atoms with Crippen LogP contribution in [0.1, 0.15) is 32.6 Å². The summed E-state index contributed by atoms with van der Waals surface area (Å²) in [6, 6.07) is 4.59. The summed E-state index contributed by atoms with van der Waals surface area (Å²) in [5.41, 5.74) is 2.80. The molecule has 0 atom stereocenters. The number of aliphatic imine (C=N–C) groups is 2. The molecule has 0 radical (unpaired) electrons. The molecular formula is C23H30N6O2. The van der Waals surface area contributed by atoms with Crippen molar-refractivity contribution in [2.24, 2.45) is 9.98 Å². The fourth-order valence-electron chi connectivity index (χ4n) is 4.13. The topological polar surface area (TPSA) is 84.2 Å². The number of hydrogen-bond acceptors (Lipinski definition) is 7. The molecule has 1 aromatic heterocycles. The number of nitrogens with zero attached hydrogens (tertiary/aromatic N) is 5. The molecule has 0 bridgehead atoms. The van der Waals surface area contributed by atoms with Gasteiger partial charge in [0.1, 0.15) is 23.4 Å². The zero-order chi connectivity index (χ0) is 21.5. The van der Waals surface area contributed by atoms with Gasteiger partial charge in [0.05, 0.1) is 24.8 Å². The lowest BCUT2D eigenvalue weighted by molar-refractivity contribution is 0.122. The van der Waals surface area contributed by atoms with Gasteiger partial charge < -0.3 is 19.7 Å². The molecule has 1 saturated heterocycles. The van der Waals surface area contributed by atoms with Crippen molar-refractivity contribution in [3.8, 4) is 5.75 Å². The van der Waals surface area contributed by atoms with Crippen molar-refractivity contribution in [3.05, 3.63) is 36.4 Å². The Bertz CT molecular complexity index is 946. The highest BCUT2D eigenvalue weighted by molar-refractivity contribution is 5.85. The van der Waals surface area contributed by atoms with E-state index in [0.717, 1.165) is 80.3 Å². The van der Waals surface area contributed by atoms with Gasteiger partial charge in [-0.3, -0.25) is 9.98 Å². The molecule has 2 aromatic rings. The first-order valence-electron chi connectivity index (χ1n) is 10.9. The monoisotopic (exact) mass is 422 g/mol. The molecule has 8 heteroatoms. The molecule has 1 N–H and O–H groups in total. The molecule has 8 nitrogen and oxygen atoms in total. The second kappa shape index (κ2) is 10.3. The average Bonchev–Trinajstić information content (AvgIpc) is 2.83. The Balaban J connectivity index is 1.44. The number of benzene rings is 1. The lowest BCUT2D eigenvalue weighted by Crippen LogP contribution is -2.36. The van der Waals surface area contributed by atoms with Gasteiger partial charge >= 0.3 is 0 Å². The number of morpholine rings is 1. The molecule has 2 fully saturated rings. The van der Waals surface area contributed by atoms with E-state index < -0.39 is 0 Å². The Labute approximate surface area is 183 Å². The Kier molecular flexibility index (Phi) is 7.09. The van der Waals surface area contributed by atoms with Gasteiger partial charge in [0.15, 0.2) is 0 Å². The van der Waals surface area contributed by atoms with Crippen LogP contribution in [-0.4, -0.2) is 61.5 Å². The average molecular weight is 423 g/mol. The highest BCUT2D eigenvalue weighted by atomic mass is 16.5. The molecule has 1 aromatic carbocycles. The lowest BCUT2D eigenvalue weighted by atomic mass is 9.93. The minimum atomic E-state index is 0.163. The van der Waals surface area contributed by atoms with Crippen LogP contribution >= 0.6 is 0 Å². The first-order chi connectivity index (χ1) is 15.3. The molecule has 1 aliphatic heterocycles. The molecule has 2 aliphatic rings. The maximum absolute atomic E-state index is 6.49. The molecular weight excluding hydrogens is 392 g/mol. The molecule has 0 spiro atoms. The van der Waals surface area contributed by atoms with E-state index in [1.54, 1.807) is 12.4 Å². The van der Waals surface area contributed by atoms with Gasteiger partial charge in [-0.2, -0.15) is 0 Å². The van der Waals surface area contributed by atoms with Crippen molar-refractivity contribution in [2.45, 2.75) is 44.8 Å². The lowest BCUT2D eigenvalue weighted by Gasteiger charge is -2.31. The van der Waals surface area contributed by atoms with Crippen LogP contribution in [0.15, 0.2) is 46.4 Å². The van der Waals surface area contributed by atoms with Crippen LogP contribution in [0, 0.1) is 0 Å². The fraction of sp³-hybridized carbons (Fsp3) is 0.478. The van der Waals surface area contributed by atoms with Crippen molar-refractivity contribution in [2.75, 3.05) is 31.2 Å². The number of hydrogen-bond donors (Lipinski definition) is 1. The quantitative estimate of drug-likeness (QED) is 0.544. The Morgan fingerprint density at radius 2 is 1.97 bits per heavy atom. The van der Waals surface area contributed by atoms with Crippen LogP contribution in [0.2, 0.25) is 0 Å². The van der Waals surface area contributed by atoms with Crippen LogP contribution in [0.25, 0.3) is 11.0 Å². The van der Waals surface area contributed by atoms with Gasteiger partial charge in [0, 0.05) is 43.3 Å². The number of aromatic nitrogens is 2. The molecule has 164 valence electrons. The van der Waals surface area contributed by atoms with Gasteiger partial charge in [-0.15, -0.1) is 0 Å². The summed E-state index contributed by atoms with van der Waals surface area (Å²) in [7, 11) is 0. The molecule has 1 aliphatic carbocycles. The molecule has 4 rings (SSSR count). The first-order valence-corrected chi connectivity index (χ1v) is 10.9. The van der Waals surface area contributed by atoms with E-state index in [1.165, 1.54) is 6.34 Å². The highest BCUT2D eigenvalue weighted by Crippen LogP contribution is 2.33. The first kappa shape index (κ1) is 21.2. The Morgan fingerprint density at radius 1 is 1.19 bits per heavy atom. The fourth-order valence-corrected chi connectivity index (χ4v) is 4.13. The van der Waals surface area contributed by atoms with Gasteiger partial charge in [-0.05, 0) is 51.5 Å². The zero-order valence-electron chi connectivity index (χ0n) is 18.0. The Morgan fingerprint density at radius 3 is 2.71 bits per heavy atom. The standard InChI is InChI=1S/C23H30N6O2/c1-3-22(27-16-24-2)28-17-4-6-19(7-5-17)31-21-15-18(29-10-12-30-13-11-29)14-20-23(21)26-9-8-25-20/h3,8-9,14-17,19,28H,2,4-7,10-13H2,1H3/b22-3+,27-16?. The minimum absolute atomic E-state index is 0.163. The Hall–Kier alpha value is -3.00. The predicted octanol–water partition coefficient (Wildman–Crippen LogP) is 3.34. The van der Waals surface area contributed by atoms with Crippen molar-refractivity contribution in [1.82, 2.24) is 15.3 Å². The van der Waals surface area contributed by atoms with E-state index in [0.29, 0.717) is 6.04 Å². The predicted molar refractivity (Wildman–Crippen MR) is 124 cm³/mol. The summed E-state index contributed by atoms with van der Waals surface area (Å²) in [6.07, 6.45) is 11.0. The second-order valence-corrected chi connectivity index (χ2v) is 7.80. The number of anilines is 1. The third-order valence-corrected chi connectivity index (χ3v) is 5.77. The van der Waals surface area contributed by atoms with Crippen LogP contribution in [0.5, 0.6) is 5.75 Å². The van der Waals surface area contributed by atoms with Gasteiger partial charge in [-0.25, -0.2) is 9.98 Å². The summed E-state index contributed by atoms with van der Waals surface area (Å²) < 4.78 is 12.0. The summed E-state index contributed by atoms with van der Waals surface area (Å²) in [5.74, 6) is 1.65. The largest absolute Gasteiger partial charge is 0.488 e. The van der Waals surface area contributed by atoms with Crippen LogP contribution < -0.4 is 15.0 Å².